The van der Waals surface area contributed by atoms with Crippen molar-refractivity contribution in [2.24, 2.45) is 5.92 Å². The Morgan fingerprint density at radius 2 is 1.38 bits per heavy atom. The van der Waals surface area contributed by atoms with Gasteiger partial charge in [0.05, 0.1) is 13.7 Å². The first-order chi connectivity index (χ1) is 11.8. The third-order valence-electron chi connectivity index (χ3n) is 5.72. The van der Waals surface area contributed by atoms with Gasteiger partial charge in [0.15, 0.2) is 0 Å². The Bertz CT molecular complexity index is 457. The van der Waals surface area contributed by atoms with Gasteiger partial charge in [-0.25, -0.2) is 0 Å². The second-order valence-electron chi connectivity index (χ2n) is 7.56. The first kappa shape index (κ1) is 17.6. The number of ether oxygens (including phenoxy) is 2. The molecule has 1 N–H and O–H groups in total. The van der Waals surface area contributed by atoms with Gasteiger partial charge in [-0.05, 0) is 68.7 Å². The lowest BCUT2D eigenvalue weighted by molar-refractivity contribution is 0.185. The predicted molar refractivity (Wildman–Crippen MR) is 98.9 cm³/mol. The maximum Gasteiger partial charge on any atom is 0.119 e. The first-order valence-electron chi connectivity index (χ1n) is 9.86. The van der Waals surface area contributed by atoms with Crippen LogP contribution >= 0.6 is 0 Å². The molecule has 2 aliphatic rings. The molecule has 2 aliphatic carbocycles. The van der Waals surface area contributed by atoms with Gasteiger partial charge < -0.3 is 14.8 Å². The van der Waals surface area contributed by atoms with Gasteiger partial charge in [-0.2, -0.15) is 0 Å². The van der Waals surface area contributed by atoms with E-state index in [1.165, 1.54) is 64.2 Å². The van der Waals surface area contributed by atoms with Crippen LogP contribution in [0, 0.1) is 5.92 Å². The van der Waals surface area contributed by atoms with Gasteiger partial charge >= 0.3 is 0 Å². The minimum Gasteiger partial charge on any atom is -0.497 e. The van der Waals surface area contributed by atoms with Crippen LogP contribution < -0.4 is 14.8 Å². The summed E-state index contributed by atoms with van der Waals surface area (Å²) in [5.41, 5.74) is 0. The summed E-state index contributed by atoms with van der Waals surface area (Å²) < 4.78 is 11.2. The second-order valence-corrected chi connectivity index (χ2v) is 7.56. The van der Waals surface area contributed by atoms with E-state index in [1.807, 2.05) is 24.3 Å². The fourth-order valence-electron chi connectivity index (χ4n) is 4.16. The maximum absolute atomic E-state index is 5.97. The zero-order chi connectivity index (χ0) is 16.6. The average molecular weight is 332 g/mol. The molecular formula is C21H33NO2. The molecule has 1 aromatic carbocycles. The van der Waals surface area contributed by atoms with Gasteiger partial charge in [0.25, 0.3) is 0 Å². The quantitative estimate of drug-likeness (QED) is 0.749. The zero-order valence-electron chi connectivity index (χ0n) is 15.1. The second kappa shape index (κ2) is 9.31. The highest BCUT2D eigenvalue weighted by atomic mass is 16.5. The van der Waals surface area contributed by atoms with Crippen LogP contribution in [0.3, 0.4) is 0 Å². The van der Waals surface area contributed by atoms with Crippen molar-refractivity contribution in [2.45, 2.75) is 76.3 Å². The Kier molecular flexibility index (Phi) is 6.83. The lowest BCUT2D eigenvalue weighted by Crippen LogP contribution is -2.40. The Morgan fingerprint density at radius 3 is 2.00 bits per heavy atom. The van der Waals surface area contributed by atoms with Gasteiger partial charge in [0.1, 0.15) is 11.5 Å². The van der Waals surface area contributed by atoms with Crippen LogP contribution in [0.5, 0.6) is 11.5 Å². The van der Waals surface area contributed by atoms with Gasteiger partial charge in [0.2, 0.25) is 0 Å². The molecule has 1 aromatic rings. The third-order valence-corrected chi connectivity index (χ3v) is 5.72. The summed E-state index contributed by atoms with van der Waals surface area (Å²) in [7, 11) is 1.69. The monoisotopic (exact) mass is 331 g/mol. The summed E-state index contributed by atoms with van der Waals surface area (Å²) in [6.45, 7) is 0.850. The van der Waals surface area contributed by atoms with Crippen molar-refractivity contribution in [2.75, 3.05) is 13.7 Å². The van der Waals surface area contributed by atoms with E-state index in [9.17, 15) is 0 Å². The molecule has 2 fully saturated rings. The van der Waals surface area contributed by atoms with Gasteiger partial charge in [-0.1, -0.05) is 25.7 Å². The molecular weight excluding hydrogens is 298 g/mol. The van der Waals surface area contributed by atoms with Crippen LogP contribution in [0.2, 0.25) is 0 Å². The van der Waals surface area contributed by atoms with Gasteiger partial charge in [0, 0.05) is 12.1 Å². The van der Waals surface area contributed by atoms with Crippen LogP contribution in [0.1, 0.15) is 64.2 Å². The molecule has 3 nitrogen and oxygen atoms in total. The smallest absolute Gasteiger partial charge is 0.119 e. The average Bonchev–Trinajstić information content (AvgIpc) is 2.90. The standard InChI is InChI=1S/C21H33NO2/c1-23-20-12-14-21(15-13-20)24-16-17-8-10-19(11-9-17)22-18-6-4-2-3-5-7-18/h12-15,17-19,22H,2-11,16H2,1H3. The predicted octanol–water partition coefficient (Wildman–Crippen LogP) is 4.95. The topological polar surface area (TPSA) is 30.5 Å². The lowest BCUT2D eigenvalue weighted by Gasteiger charge is -2.32. The lowest BCUT2D eigenvalue weighted by atomic mass is 9.86. The van der Waals surface area contributed by atoms with E-state index in [2.05, 4.69) is 5.32 Å². The number of hydrogen-bond acceptors (Lipinski definition) is 3. The Morgan fingerprint density at radius 1 is 0.792 bits per heavy atom. The number of rotatable bonds is 6. The number of methoxy groups -OCH3 is 1. The Labute approximate surface area is 147 Å². The molecule has 0 spiro atoms. The van der Waals surface area contributed by atoms with Crippen molar-refractivity contribution in [1.82, 2.24) is 5.32 Å². The molecule has 3 rings (SSSR count). The third kappa shape index (κ3) is 5.41. The van der Waals surface area contributed by atoms with Crippen molar-refractivity contribution in [3.8, 4) is 11.5 Å². The highest BCUT2D eigenvalue weighted by Crippen LogP contribution is 2.27. The van der Waals surface area contributed by atoms with Crippen LogP contribution in [-0.4, -0.2) is 25.8 Å². The van der Waals surface area contributed by atoms with Crippen molar-refractivity contribution in [3.63, 3.8) is 0 Å². The summed E-state index contributed by atoms with van der Waals surface area (Å²) in [6, 6.07) is 9.44. The molecule has 24 heavy (non-hydrogen) atoms. The molecule has 2 saturated carbocycles. The molecule has 3 heteroatoms. The molecule has 0 heterocycles. The van der Waals surface area contributed by atoms with E-state index in [-0.39, 0.29) is 0 Å². The molecule has 0 aromatic heterocycles. The van der Waals surface area contributed by atoms with E-state index in [1.54, 1.807) is 7.11 Å². The molecule has 0 saturated heterocycles. The normalized spacial score (nSPS) is 25.9. The molecule has 0 amide bonds. The first-order valence-corrected chi connectivity index (χ1v) is 9.86. The van der Waals surface area contributed by atoms with E-state index < -0.39 is 0 Å². The molecule has 0 radical (unpaired) electrons. The van der Waals surface area contributed by atoms with Gasteiger partial charge in [-0.15, -0.1) is 0 Å². The highest BCUT2D eigenvalue weighted by molar-refractivity contribution is 5.31. The molecule has 0 bridgehead atoms. The SMILES string of the molecule is COc1ccc(OCC2CCC(NC3CCCCCC3)CC2)cc1. The van der Waals surface area contributed by atoms with Crippen molar-refractivity contribution < 1.29 is 9.47 Å². The fraction of sp³-hybridized carbons (Fsp3) is 0.714. The zero-order valence-corrected chi connectivity index (χ0v) is 15.1. The minimum atomic E-state index is 0.708. The summed E-state index contributed by atoms with van der Waals surface area (Å²) in [5.74, 6) is 2.54. The summed E-state index contributed by atoms with van der Waals surface area (Å²) >= 11 is 0. The van der Waals surface area contributed by atoms with E-state index >= 15 is 0 Å². The Balaban J connectivity index is 1.35. The van der Waals surface area contributed by atoms with Crippen LogP contribution in [0.15, 0.2) is 24.3 Å². The minimum absolute atomic E-state index is 0.708. The van der Waals surface area contributed by atoms with Gasteiger partial charge in [-0.3, -0.25) is 0 Å². The van der Waals surface area contributed by atoms with Crippen LogP contribution in [-0.2, 0) is 0 Å². The van der Waals surface area contributed by atoms with Crippen LogP contribution in [0.25, 0.3) is 0 Å². The highest BCUT2D eigenvalue weighted by Gasteiger charge is 2.24. The van der Waals surface area contributed by atoms with Crippen molar-refractivity contribution >= 4 is 0 Å². The molecule has 134 valence electrons. The van der Waals surface area contributed by atoms with Crippen molar-refractivity contribution in [1.29, 1.82) is 0 Å². The molecule has 0 aliphatic heterocycles. The number of benzene rings is 1. The fourth-order valence-corrected chi connectivity index (χ4v) is 4.16. The Hall–Kier alpha value is -1.22. The van der Waals surface area contributed by atoms with E-state index in [0.717, 1.165) is 30.2 Å². The summed E-state index contributed by atoms with van der Waals surface area (Å²) in [4.78, 5) is 0. The van der Waals surface area contributed by atoms with E-state index in [4.69, 9.17) is 9.47 Å². The summed E-state index contributed by atoms with van der Waals surface area (Å²) in [5, 5.41) is 3.95. The van der Waals surface area contributed by atoms with E-state index in [0.29, 0.717) is 5.92 Å². The maximum atomic E-state index is 5.97. The molecule has 0 atom stereocenters. The number of nitrogens with one attached hydrogen (secondary N) is 1. The largest absolute Gasteiger partial charge is 0.497 e. The number of hydrogen-bond donors (Lipinski definition) is 1. The van der Waals surface area contributed by atoms with Crippen molar-refractivity contribution in [3.05, 3.63) is 24.3 Å². The molecule has 0 unspecified atom stereocenters. The summed E-state index contributed by atoms with van der Waals surface area (Å²) in [6.07, 6.45) is 13.7. The van der Waals surface area contributed by atoms with Crippen LogP contribution in [0.4, 0.5) is 0 Å².